The molecule has 82 valence electrons. The van der Waals surface area contributed by atoms with Gasteiger partial charge in [0.15, 0.2) is 5.82 Å². The molecule has 0 saturated carbocycles. The maximum absolute atomic E-state index is 4.27. The van der Waals surface area contributed by atoms with Gasteiger partial charge in [-0.3, -0.25) is 4.98 Å². The number of aromatic nitrogens is 4. The Kier molecular flexibility index (Phi) is 2.64. The maximum Gasteiger partial charge on any atom is 0.181 e. The van der Waals surface area contributed by atoms with Crippen LogP contribution in [0.1, 0.15) is 26.3 Å². The van der Waals surface area contributed by atoms with Crippen molar-refractivity contribution in [2.24, 2.45) is 0 Å². The minimum atomic E-state index is 0.102. The molecule has 0 spiro atoms. The molecule has 2 aromatic rings. The summed E-state index contributed by atoms with van der Waals surface area (Å²) in [7, 11) is 0. The zero-order valence-electron chi connectivity index (χ0n) is 9.68. The third-order valence-corrected chi connectivity index (χ3v) is 2.35. The summed E-state index contributed by atoms with van der Waals surface area (Å²) < 4.78 is 0. The van der Waals surface area contributed by atoms with Gasteiger partial charge < -0.3 is 0 Å². The van der Waals surface area contributed by atoms with Crippen LogP contribution in [-0.2, 0) is 5.41 Å². The van der Waals surface area contributed by atoms with E-state index in [0.717, 1.165) is 5.69 Å². The molecule has 16 heavy (non-hydrogen) atoms. The number of pyridine rings is 1. The monoisotopic (exact) mass is 214 g/mol. The van der Waals surface area contributed by atoms with Crippen molar-refractivity contribution in [1.82, 2.24) is 19.9 Å². The fourth-order valence-electron chi connectivity index (χ4n) is 1.39. The lowest BCUT2D eigenvalue weighted by Gasteiger charge is -2.18. The molecule has 4 nitrogen and oxygen atoms in total. The van der Waals surface area contributed by atoms with Crippen molar-refractivity contribution >= 4 is 0 Å². The molecule has 0 amide bonds. The molecule has 0 bridgehead atoms. The van der Waals surface area contributed by atoms with Crippen molar-refractivity contribution in [3.63, 3.8) is 0 Å². The van der Waals surface area contributed by atoms with Gasteiger partial charge >= 0.3 is 0 Å². The molecule has 0 aliphatic heterocycles. The molecule has 2 aromatic heterocycles. The summed E-state index contributed by atoms with van der Waals surface area (Å²) in [4.78, 5) is 16.2. The van der Waals surface area contributed by atoms with E-state index in [-0.39, 0.29) is 5.41 Å². The van der Waals surface area contributed by atoms with E-state index in [2.05, 4.69) is 40.7 Å². The fourth-order valence-corrected chi connectivity index (χ4v) is 1.39. The fraction of sp³-hybridized carbons (Fsp3) is 0.333. The third kappa shape index (κ3) is 2.21. The molecule has 0 aliphatic carbocycles. The van der Waals surface area contributed by atoms with Crippen LogP contribution in [0.25, 0.3) is 11.5 Å². The highest BCUT2D eigenvalue weighted by molar-refractivity contribution is 5.50. The van der Waals surface area contributed by atoms with E-state index in [9.17, 15) is 0 Å². The first-order chi connectivity index (χ1) is 7.57. The summed E-state index contributed by atoms with van der Waals surface area (Å²) in [5, 5.41) is 0. The molecule has 0 atom stereocenters. The van der Waals surface area contributed by atoms with Gasteiger partial charge in [-0.15, -0.1) is 0 Å². The van der Waals surface area contributed by atoms with Crippen molar-refractivity contribution in [1.29, 1.82) is 0 Å². The zero-order valence-corrected chi connectivity index (χ0v) is 9.68. The molecule has 2 rings (SSSR count). The van der Waals surface area contributed by atoms with Crippen molar-refractivity contribution in [2.75, 3.05) is 0 Å². The standard InChI is InChI=1S/C12H14N4/c1-12(2,3)9-4-5-14-10(6-9)11-15-7-13-8-16-11/h4-8H,1-3H3. The summed E-state index contributed by atoms with van der Waals surface area (Å²) in [5.74, 6) is 0.612. The van der Waals surface area contributed by atoms with Crippen LogP contribution in [0.15, 0.2) is 31.0 Å². The second kappa shape index (κ2) is 3.96. The summed E-state index contributed by atoms with van der Waals surface area (Å²) >= 11 is 0. The molecular formula is C12H14N4. The lowest BCUT2D eigenvalue weighted by molar-refractivity contribution is 0.589. The highest BCUT2D eigenvalue weighted by Gasteiger charge is 2.15. The Morgan fingerprint density at radius 2 is 1.69 bits per heavy atom. The summed E-state index contributed by atoms with van der Waals surface area (Å²) in [6.07, 6.45) is 4.75. The van der Waals surface area contributed by atoms with Crippen molar-refractivity contribution in [3.8, 4) is 11.5 Å². The third-order valence-electron chi connectivity index (χ3n) is 2.35. The summed E-state index contributed by atoms with van der Waals surface area (Å²) in [6.45, 7) is 6.50. The van der Waals surface area contributed by atoms with Crippen molar-refractivity contribution < 1.29 is 0 Å². The topological polar surface area (TPSA) is 51.6 Å². The highest BCUT2D eigenvalue weighted by Crippen LogP contribution is 2.24. The van der Waals surface area contributed by atoms with Gasteiger partial charge in [0.25, 0.3) is 0 Å². The number of rotatable bonds is 1. The van der Waals surface area contributed by atoms with E-state index in [4.69, 9.17) is 0 Å². The molecule has 0 N–H and O–H groups in total. The Hall–Kier alpha value is -1.84. The smallest absolute Gasteiger partial charge is 0.181 e. The lowest BCUT2D eigenvalue weighted by Crippen LogP contribution is -2.11. The van der Waals surface area contributed by atoms with Gasteiger partial charge in [-0.1, -0.05) is 20.8 Å². The van der Waals surface area contributed by atoms with E-state index < -0.39 is 0 Å². The first kappa shape index (κ1) is 10.7. The van der Waals surface area contributed by atoms with Crippen LogP contribution in [0, 0.1) is 0 Å². The highest BCUT2D eigenvalue weighted by atomic mass is 15.0. The number of hydrogen-bond donors (Lipinski definition) is 0. The van der Waals surface area contributed by atoms with E-state index in [1.807, 2.05) is 12.1 Å². The number of hydrogen-bond acceptors (Lipinski definition) is 4. The normalized spacial score (nSPS) is 11.4. The predicted octanol–water partition coefficient (Wildman–Crippen LogP) is 2.23. The largest absolute Gasteiger partial charge is 0.253 e. The molecule has 4 heteroatoms. The Bertz CT molecular complexity index is 474. The van der Waals surface area contributed by atoms with Crippen molar-refractivity contribution in [3.05, 3.63) is 36.5 Å². The molecule has 0 fully saturated rings. The Balaban J connectivity index is 2.45. The van der Waals surface area contributed by atoms with Crippen molar-refractivity contribution in [2.45, 2.75) is 26.2 Å². The van der Waals surface area contributed by atoms with Crippen LogP contribution >= 0.6 is 0 Å². The molecule has 0 radical (unpaired) electrons. The van der Waals surface area contributed by atoms with Crippen LogP contribution in [0.4, 0.5) is 0 Å². The van der Waals surface area contributed by atoms with Crippen LogP contribution in [-0.4, -0.2) is 19.9 Å². The van der Waals surface area contributed by atoms with Gasteiger partial charge in [-0.25, -0.2) is 15.0 Å². The van der Waals surface area contributed by atoms with E-state index in [0.29, 0.717) is 5.82 Å². The maximum atomic E-state index is 4.27. The average Bonchev–Trinajstić information content (AvgIpc) is 2.29. The average molecular weight is 214 g/mol. The van der Waals surface area contributed by atoms with Gasteiger partial charge in [0.05, 0.1) is 0 Å². The van der Waals surface area contributed by atoms with E-state index >= 15 is 0 Å². The molecular weight excluding hydrogens is 200 g/mol. The predicted molar refractivity (Wildman–Crippen MR) is 61.8 cm³/mol. The minimum absolute atomic E-state index is 0.102. The first-order valence-corrected chi connectivity index (χ1v) is 5.16. The zero-order chi connectivity index (χ0) is 11.6. The quantitative estimate of drug-likeness (QED) is 0.730. The summed E-state index contributed by atoms with van der Waals surface area (Å²) in [6, 6.07) is 4.04. The second-order valence-electron chi connectivity index (χ2n) is 4.64. The van der Waals surface area contributed by atoms with Gasteiger partial charge in [-0.05, 0) is 23.1 Å². The van der Waals surface area contributed by atoms with Gasteiger partial charge in [-0.2, -0.15) is 0 Å². The Morgan fingerprint density at radius 3 is 2.31 bits per heavy atom. The van der Waals surface area contributed by atoms with Crippen LogP contribution < -0.4 is 0 Å². The molecule has 0 unspecified atom stereocenters. The van der Waals surface area contributed by atoms with Gasteiger partial charge in [0.1, 0.15) is 18.3 Å². The van der Waals surface area contributed by atoms with Crippen LogP contribution in [0.2, 0.25) is 0 Å². The lowest BCUT2D eigenvalue weighted by atomic mass is 9.87. The van der Waals surface area contributed by atoms with Crippen LogP contribution in [0.3, 0.4) is 0 Å². The first-order valence-electron chi connectivity index (χ1n) is 5.16. The van der Waals surface area contributed by atoms with E-state index in [1.54, 1.807) is 6.20 Å². The summed E-state index contributed by atoms with van der Waals surface area (Å²) in [5.41, 5.74) is 2.11. The molecule has 0 saturated heterocycles. The minimum Gasteiger partial charge on any atom is -0.253 e. The molecule has 0 aliphatic rings. The van der Waals surface area contributed by atoms with E-state index in [1.165, 1.54) is 18.2 Å². The SMILES string of the molecule is CC(C)(C)c1ccnc(-c2ncncn2)c1. The Morgan fingerprint density at radius 1 is 1.00 bits per heavy atom. The van der Waals surface area contributed by atoms with Gasteiger partial charge in [0, 0.05) is 6.20 Å². The second-order valence-corrected chi connectivity index (χ2v) is 4.64. The Labute approximate surface area is 94.8 Å². The van der Waals surface area contributed by atoms with Crippen LogP contribution in [0.5, 0.6) is 0 Å². The molecule has 2 heterocycles. The number of nitrogens with zero attached hydrogens (tertiary/aromatic N) is 4. The van der Waals surface area contributed by atoms with Gasteiger partial charge in [0.2, 0.25) is 0 Å². The molecule has 0 aromatic carbocycles.